The first-order valence-corrected chi connectivity index (χ1v) is 10.8. The van der Waals surface area contributed by atoms with Gasteiger partial charge in [-0.1, -0.05) is 54.6 Å². The molecule has 0 saturated heterocycles. The number of nitrogens with zero attached hydrogens (tertiary/aromatic N) is 3. The Hall–Kier alpha value is -4.63. The fraction of sp³-hybridized carbons (Fsp3) is 0.0769. The number of guanidine groups is 1. The van der Waals surface area contributed by atoms with Crippen LogP contribution in [0.4, 0.5) is 15.9 Å². The van der Waals surface area contributed by atoms with Gasteiger partial charge in [-0.15, -0.1) is 10.2 Å². The van der Waals surface area contributed by atoms with Crippen molar-refractivity contribution in [3.8, 4) is 17.0 Å². The summed E-state index contributed by atoms with van der Waals surface area (Å²) in [5, 5.41) is 11.2. The Morgan fingerprint density at radius 3 is 2.49 bits per heavy atom. The number of hydrogen-bond donors (Lipinski definition) is 3. The van der Waals surface area contributed by atoms with Crippen molar-refractivity contribution in [2.45, 2.75) is 12.5 Å². The molecular formula is C26H23FN6O2. The minimum absolute atomic E-state index is 0.0340. The van der Waals surface area contributed by atoms with E-state index >= 15 is 0 Å². The number of nitrogens with two attached hydrogens (primary N) is 2. The van der Waals surface area contributed by atoms with Crippen LogP contribution < -0.4 is 21.5 Å². The summed E-state index contributed by atoms with van der Waals surface area (Å²) in [6.07, 6.45) is -0.134. The maximum Gasteiger partial charge on any atom is 0.313 e. The van der Waals surface area contributed by atoms with Gasteiger partial charge in [0.05, 0.1) is 17.8 Å². The van der Waals surface area contributed by atoms with Gasteiger partial charge in [-0.3, -0.25) is 4.79 Å². The van der Waals surface area contributed by atoms with Gasteiger partial charge in [0.2, 0.25) is 0 Å². The van der Waals surface area contributed by atoms with Crippen molar-refractivity contribution in [2.24, 2.45) is 16.5 Å². The molecule has 0 aliphatic carbocycles. The molecule has 4 rings (SSSR count). The fourth-order valence-corrected chi connectivity index (χ4v) is 3.29. The number of anilines is 1. The molecule has 0 bridgehead atoms. The number of ether oxygens (including phenoxy) is 1. The predicted molar refractivity (Wildman–Crippen MR) is 132 cm³/mol. The lowest BCUT2D eigenvalue weighted by molar-refractivity contribution is -0.134. The molecule has 1 heterocycles. The molecule has 0 fully saturated rings. The number of nitrogens with one attached hydrogen (secondary N) is 1. The molecule has 35 heavy (non-hydrogen) atoms. The quantitative estimate of drug-likeness (QED) is 0.159. The average Bonchev–Trinajstić information content (AvgIpc) is 2.86. The smallest absolute Gasteiger partial charge is 0.313 e. The topological polar surface area (TPSA) is 129 Å². The normalized spacial score (nSPS) is 12.1. The van der Waals surface area contributed by atoms with Gasteiger partial charge in [0, 0.05) is 11.6 Å². The lowest BCUT2D eigenvalue weighted by Gasteiger charge is -2.14. The lowest BCUT2D eigenvalue weighted by atomic mass is 10.0. The highest BCUT2D eigenvalue weighted by atomic mass is 19.1. The molecule has 1 aromatic heterocycles. The Morgan fingerprint density at radius 2 is 1.74 bits per heavy atom. The van der Waals surface area contributed by atoms with Crippen LogP contribution in [0, 0.1) is 5.82 Å². The van der Waals surface area contributed by atoms with Crippen LogP contribution in [0.15, 0.2) is 96.0 Å². The van der Waals surface area contributed by atoms with Crippen LogP contribution in [-0.4, -0.2) is 22.1 Å². The maximum absolute atomic E-state index is 13.4. The number of hydrogen-bond acceptors (Lipinski definition) is 6. The lowest BCUT2D eigenvalue weighted by Crippen LogP contribution is -2.23. The number of benzene rings is 3. The van der Waals surface area contributed by atoms with Crippen molar-refractivity contribution in [3.63, 3.8) is 0 Å². The second kappa shape index (κ2) is 11.0. The molecule has 5 N–H and O–H groups in total. The van der Waals surface area contributed by atoms with Crippen LogP contribution >= 0.6 is 0 Å². The van der Waals surface area contributed by atoms with Gasteiger partial charge in [-0.25, -0.2) is 4.39 Å². The Labute approximate surface area is 201 Å². The zero-order chi connectivity index (χ0) is 24.6. The highest BCUT2D eigenvalue weighted by molar-refractivity contribution is 5.95. The standard InChI is InChI=1S/C26H23FN6O2/c27-19-10-6-9-18(15-19)20(28)16-25(34)35-23-12-5-4-11-22(23)30-26(29)31-24-14-13-21(32-33-24)17-7-2-1-3-8-17/h1-15,20H,16,28H2,(H3,29,30,31,33). The van der Waals surface area contributed by atoms with Crippen LogP contribution in [0.5, 0.6) is 5.75 Å². The first kappa shape index (κ1) is 23.5. The minimum Gasteiger partial charge on any atom is -0.424 e. The SMILES string of the molecule is NC(=Nc1ccc(-c2ccccc2)nn1)Nc1ccccc1OC(=O)CC(N)c1cccc(F)c1. The first-order chi connectivity index (χ1) is 17.0. The largest absolute Gasteiger partial charge is 0.424 e. The summed E-state index contributed by atoms with van der Waals surface area (Å²) in [4.78, 5) is 16.7. The van der Waals surface area contributed by atoms with Gasteiger partial charge in [0.15, 0.2) is 17.5 Å². The molecule has 4 aromatic rings. The van der Waals surface area contributed by atoms with E-state index in [1.165, 1.54) is 18.2 Å². The number of rotatable bonds is 7. The van der Waals surface area contributed by atoms with E-state index in [9.17, 15) is 9.18 Å². The van der Waals surface area contributed by atoms with Gasteiger partial charge in [0.1, 0.15) is 5.82 Å². The Bertz CT molecular complexity index is 1330. The Kier molecular flexibility index (Phi) is 7.39. The second-order valence-corrected chi connectivity index (χ2v) is 7.60. The Balaban J connectivity index is 1.41. The second-order valence-electron chi connectivity index (χ2n) is 7.60. The molecule has 0 aliphatic heterocycles. The van der Waals surface area contributed by atoms with E-state index in [2.05, 4.69) is 20.5 Å². The molecular weight excluding hydrogens is 447 g/mol. The zero-order valence-electron chi connectivity index (χ0n) is 18.6. The van der Waals surface area contributed by atoms with E-state index in [-0.39, 0.29) is 18.1 Å². The number of aromatic nitrogens is 2. The number of esters is 1. The molecule has 1 unspecified atom stereocenters. The average molecular weight is 471 g/mol. The molecule has 0 spiro atoms. The number of aliphatic imine (C=N–C) groups is 1. The third-order valence-corrected chi connectivity index (χ3v) is 4.99. The highest BCUT2D eigenvalue weighted by Gasteiger charge is 2.16. The van der Waals surface area contributed by atoms with Crippen molar-refractivity contribution >= 4 is 23.4 Å². The van der Waals surface area contributed by atoms with Crippen LogP contribution in [0.25, 0.3) is 11.3 Å². The van der Waals surface area contributed by atoms with Crippen molar-refractivity contribution in [3.05, 3.63) is 102 Å². The third kappa shape index (κ3) is 6.46. The van der Waals surface area contributed by atoms with Crippen molar-refractivity contribution in [1.29, 1.82) is 0 Å². The highest BCUT2D eigenvalue weighted by Crippen LogP contribution is 2.25. The van der Waals surface area contributed by atoms with Crippen molar-refractivity contribution in [2.75, 3.05) is 5.32 Å². The summed E-state index contributed by atoms with van der Waals surface area (Å²) in [5.74, 6) is -0.409. The van der Waals surface area contributed by atoms with E-state index < -0.39 is 17.8 Å². The monoisotopic (exact) mass is 470 g/mol. The zero-order valence-corrected chi connectivity index (χ0v) is 18.6. The number of carbonyl (C=O) groups is 1. The molecule has 9 heteroatoms. The third-order valence-electron chi connectivity index (χ3n) is 4.99. The number of carbonyl (C=O) groups excluding carboxylic acids is 1. The van der Waals surface area contributed by atoms with Crippen LogP contribution in [0.3, 0.4) is 0 Å². The van der Waals surface area contributed by atoms with Crippen LogP contribution in [0.2, 0.25) is 0 Å². The van der Waals surface area contributed by atoms with E-state index in [0.29, 0.717) is 22.8 Å². The van der Waals surface area contributed by atoms with E-state index in [1.54, 1.807) is 42.5 Å². The van der Waals surface area contributed by atoms with Gasteiger partial charge in [-0.2, -0.15) is 4.99 Å². The van der Waals surface area contributed by atoms with Gasteiger partial charge >= 0.3 is 5.97 Å². The summed E-state index contributed by atoms with van der Waals surface area (Å²) in [6, 6.07) is 25.0. The number of para-hydroxylation sites is 2. The summed E-state index contributed by atoms with van der Waals surface area (Å²) in [5.41, 5.74) is 14.7. The molecule has 0 aliphatic rings. The van der Waals surface area contributed by atoms with Gasteiger partial charge in [-0.05, 0) is 42.0 Å². The molecule has 3 aromatic carbocycles. The summed E-state index contributed by atoms with van der Waals surface area (Å²) in [6.45, 7) is 0. The number of halogens is 1. The van der Waals surface area contributed by atoms with E-state index in [1.807, 2.05) is 30.3 Å². The van der Waals surface area contributed by atoms with Crippen molar-refractivity contribution < 1.29 is 13.9 Å². The molecule has 176 valence electrons. The predicted octanol–water partition coefficient (Wildman–Crippen LogP) is 4.34. The van der Waals surface area contributed by atoms with Gasteiger partial charge < -0.3 is 21.5 Å². The summed E-state index contributed by atoms with van der Waals surface area (Å²) >= 11 is 0. The van der Waals surface area contributed by atoms with E-state index in [0.717, 1.165) is 5.56 Å². The molecule has 8 nitrogen and oxygen atoms in total. The fourth-order valence-electron chi connectivity index (χ4n) is 3.29. The summed E-state index contributed by atoms with van der Waals surface area (Å²) < 4.78 is 18.9. The summed E-state index contributed by atoms with van der Waals surface area (Å²) in [7, 11) is 0. The molecule has 0 saturated carbocycles. The van der Waals surface area contributed by atoms with Crippen LogP contribution in [0.1, 0.15) is 18.0 Å². The van der Waals surface area contributed by atoms with Crippen molar-refractivity contribution in [1.82, 2.24) is 10.2 Å². The Morgan fingerprint density at radius 1 is 0.971 bits per heavy atom. The van der Waals surface area contributed by atoms with Crippen LogP contribution in [-0.2, 0) is 4.79 Å². The van der Waals surface area contributed by atoms with E-state index in [4.69, 9.17) is 16.2 Å². The molecule has 0 amide bonds. The first-order valence-electron chi connectivity index (χ1n) is 10.8. The molecule has 0 radical (unpaired) electrons. The van der Waals surface area contributed by atoms with Gasteiger partial charge in [0.25, 0.3) is 0 Å². The maximum atomic E-state index is 13.4. The molecule has 1 atom stereocenters. The minimum atomic E-state index is -0.706.